The molecular formula is C12H17ClFNO3S. The van der Waals surface area contributed by atoms with Crippen LogP contribution < -0.4 is 5.32 Å². The Morgan fingerprint density at radius 1 is 1.47 bits per heavy atom. The molecule has 0 fully saturated rings. The predicted octanol–water partition coefficient (Wildman–Crippen LogP) is 1.61. The number of benzene rings is 1. The monoisotopic (exact) mass is 309 g/mol. The Kier molecular flexibility index (Phi) is 6.19. The number of sulfone groups is 1. The van der Waals surface area contributed by atoms with Crippen LogP contribution in [0.25, 0.3) is 0 Å². The topological polar surface area (TPSA) is 66.4 Å². The molecule has 0 spiro atoms. The van der Waals surface area contributed by atoms with Crippen molar-refractivity contribution in [3.63, 3.8) is 0 Å². The molecule has 1 unspecified atom stereocenters. The molecule has 7 heteroatoms. The molecule has 4 nitrogen and oxygen atoms in total. The van der Waals surface area contributed by atoms with Crippen molar-refractivity contribution in [3.8, 4) is 0 Å². The van der Waals surface area contributed by atoms with E-state index >= 15 is 0 Å². The Labute approximate surface area is 117 Å². The van der Waals surface area contributed by atoms with Crippen molar-refractivity contribution in [2.45, 2.75) is 24.3 Å². The van der Waals surface area contributed by atoms with Gasteiger partial charge in [-0.2, -0.15) is 0 Å². The molecule has 0 heterocycles. The van der Waals surface area contributed by atoms with E-state index < -0.39 is 27.5 Å². The number of hydrogen-bond donors (Lipinski definition) is 2. The molecule has 0 radical (unpaired) electrons. The van der Waals surface area contributed by atoms with Crippen molar-refractivity contribution >= 4 is 21.4 Å². The molecule has 1 rings (SSSR count). The van der Waals surface area contributed by atoms with Gasteiger partial charge in [0.1, 0.15) is 5.82 Å². The van der Waals surface area contributed by atoms with Crippen LogP contribution in [0.3, 0.4) is 0 Å². The zero-order chi connectivity index (χ0) is 14.5. The van der Waals surface area contributed by atoms with Crippen LogP contribution in [0.2, 0.25) is 5.02 Å². The highest BCUT2D eigenvalue weighted by Crippen LogP contribution is 2.20. The molecule has 0 aliphatic carbocycles. The number of rotatable bonds is 7. The van der Waals surface area contributed by atoms with Crippen LogP contribution in [0.15, 0.2) is 23.1 Å². The minimum Gasteiger partial charge on any atom is -0.391 e. The summed E-state index contributed by atoms with van der Waals surface area (Å²) in [4.78, 5) is -0.0894. The van der Waals surface area contributed by atoms with Gasteiger partial charge in [0, 0.05) is 6.54 Å². The zero-order valence-electron chi connectivity index (χ0n) is 10.6. The van der Waals surface area contributed by atoms with Crippen molar-refractivity contribution in [2.24, 2.45) is 0 Å². The molecule has 2 N–H and O–H groups in total. The van der Waals surface area contributed by atoms with Gasteiger partial charge in [-0.15, -0.1) is 0 Å². The smallest absolute Gasteiger partial charge is 0.181 e. The van der Waals surface area contributed by atoms with Crippen LogP contribution in [0.5, 0.6) is 0 Å². The highest BCUT2D eigenvalue weighted by molar-refractivity contribution is 7.91. The third kappa shape index (κ3) is 5.06. The number of halogens is 2. The molecule has 0 saturated carbocycles. The summed E-state index contributed by atoms with van der Waals surface area (Å²) in [6.07, 6.45) is -0.118. The van der Waals surface area contributed by atoms with E-state index in [1.54, 1.807) is 0 Å². The maximum atomic E-state index is 13.0. The van der Waals surface area contributed by atoms with Gasteiger partial charge in [0.2, 0.25) is 0 Å². The van der Waals surface area contributed by atoms with E-state index in [0.717, 1.165) is 24.6 Å². The zero-order valence-corrected chi connectivity index (χ0v) is 12.1. The fourth-order valence-corrected chi connectivity index (χ4v) is 3.16. The van der Waals surface area contributed by atoms with Gasteiger partial charge >= 0.3 is 0 Å². The van der Waals surface area contributed by atoms with E-state index in [2.05, 4.69) is 5.32 Å². The highest BCUT2D eigenvalue weighted by Gasteiger charge is 2.20. The lowest BCUT2D eigenvalue weighted by Gasteiger charge is -2.12. The Hall–Kier alpha value is -0.690. The lowest BCUT2D eigenvalue weighted by molar-refractivity contribution is 0.194. The van der Waals surface area contributed by atoms with E-state index in [0.29, 0.717) is 6.54 Å². The Balaban J connectivity index is 2.72. The Bertz CT molecular complexity index is 522. The molecule has 0 amide bonds. The second kappa shape index (κ2) is 7.19. The molecule has 0 bridgehead atoms. The number of hydrogen-bond acceptors (Lipinski definition) is 4. The Morgan fingerprint density at radius 2 is 2.16 bits per heavy atom. The summed E-state index contributed by atoms with van der Waals surface area (Å²) in [6, 6.07) is 3.19. The highest BCUT2D eigenvalue weighted by atomic mass is 35.5. The average molecular weight is 310 g/mol. The van der Waals surface area contributed by atoms with Crippen molar-refractivity contribution in [1.82, 2.24) is 5.32 Å². The number of aliphatic hydroxyl groups excluding tert-OH is 1. The second-order valence-corrected chi connectivity index (χ2v) is 6.66. The van der Waals surface area contributed by atoms with E-state index in [1.807, 2.05) is 6.92 Å². The van der Waals surface area contributed by atoms with Crippen LogP contribution in [-0.2, 0) is 9.84 Å². The van der Waals surface area contributed by atoms with Crippen LogP contribution in [0.1, 0.15) is 13.3 Å². The van der Waals surface area contributed by atoms with Gasteiger partial charge in [-0.3, -0.25) is 0 Å². The van der Waals surface area contributed by atoms with Crippen LogP contribution in [0, 0.1) is 5.82 Å². The van der Waals surface area contributed by atoms with Crippen LogP contribution in [-0.4, -0.2) is 38.5 Å². The molecule has 0 aromatic heterocycles. The van der Waals surface area contributed by atoms with Crippen molar-refractivity contribution in [1.29, 1.82) is 0 Å². The van der Waals surface area contributed by atoms with Gasteiger partial charge in [0.15, 0.2) is 9.84 Å². The summed E-state index contributed by atoms with van der Waals surface area (Å²) in [5.74, 6) is -1.10. The average Bonchev–Trinajstić information content (AvgIpc) is 2.32. The summed E-state index contributed by atoms with van der Waals surface area (Å²) in [7, 11) is -3.68. The first-order chi connectivity index (χ1) is 8.86. The Morgan fingerprint density at radius 3 is 2.74 bits per heavy atom. The molecule has 1 aromatic rings. The standard InChI is InChI=1S/C12H17ClFNO3S/c1-2-5-15-7-9(16)8-19(17,18)10-3-4-12(14)11(13)6-10/h3-4,6,9,15-16H,2,5,7-8H2,1H3. The lowest BCUT2D eigenvalue weighted by atomic mass is 10.3. The molecule has 1 aromatic carbocycles. The van der Waals surface area contributed by atoms with Gasteiger partial charge in [0.05, 0.1) is 21.8 Å². The first kappa shape index (κ1) is 16.4. The van der Waals surface area contributed by atoms with Gasteiger partial charge in [-0.05, 0) is 31.2 Å². The molecule has 1 atom stereocenters. The molecule has 108 valence electrons. The quantitative estimate of drug-likeness (QED) is 0.593. The van der Waals surface area contributed by atoms with E-state index in [1.165, 1.54) is 0 Å². The molecule has 0 aliphatic heterocycles. The van der Waals surface area contributed by atoms with E-state index in [9.17, 15) is 17.9 Å². The summed E-state index contributed by atoms with van der Waals surface area (Å²) in [5.41, 5.74) is 0. The summed E-state index contributed by atoms with van der Waals surface area (Å²) >= 11 is 5.54. The largest absolute Gasteiger partial charge is 0.391 e. The second-order valence-electron chi connectivity index (χ2n) is 4.22. The molecule has 0 aliphatic rings. The van der Waals surface area contributed by atoms with Crippen molar-refractivity contribution < 1.29 is 17.9 Å². The minimum atomic E-state index is -3.68. The van der Waals surface area contributed by atoms with Gasteiger partial charge in [0.25, 0.3) is 0 Å². The summed E-state index contributed by atoms with van der Waals surface area (Å²) < 4.78 is 36.9. The lowest BCUT2D eigenvalue weighted by Crippen LogP contribution is -2.32. The van der Waals surface area contributed by atoms with Gasteiger partial charge in [-0.25, -0.2) is 12.8 Å². The molecule has 0 saturated heterocycles. The minimum absolute atomic E-state index is 0.0894. The van der Waals surface area contributed by atoms with Crippen LogP contribution in [0.4, 0.5) is 4.39 Å². The molecular weight excluding hydrogens is 293 g/mol. The first-order valence-electron chi connectivity index (χ1n) is 5.93. The fraction of sp³-hybridized carbons (Fsp3) is 0.500. The SMILES string of the molecule is CCCNCC(O)CS(=O)(=O)c1ccc(F)c(Cl)c1. The number of aliphatic hydroxyl groups is 1. The van der Waals surface area contributed by atoms with Gasteiger partial charge in [-0.1, -0.05) is 18.5 Å². The first-order valence-corrected chi connectivity index (χ1v) is 7.96. The maximum absolute atomic E-state index is 13.0. The molecule has 19 heavy (non-hydrogen) atoms. The van der Waals surface area contributed by atoms with E-state index in [4.69, 9.17) is 11.6 Å². The normalized spacial score (nSPS) is 13.5. The van der Waals surface area contributed by atoms with Gasteiger partial charge < -0.3 is 10.4 Å². The third-order valence-corrected chi connectivity index (χ3v) is 4.55. The third-order valence-electron chi connectivity index (χ3n) is 2.47. The van der Waals surface area contributed by atoms with E-state index in [-0.39, 0.29) is 16.5 Å². The fourth-order valence-electron chi connectivity index (χ4n) is 1.52. The summed E-state index contributed by atoms with van der Waals surface area (Å²) in [6.45, 7) is 2.87. The predicted molar refractivity (Wildman–Crippen MR) is 72.6 cm³/mol. The van der Waals surface area contributed by atoms with Crippen molar-refractivity contribution in [3.05, 3.63) is 29.0 Å². The number of nitrogens with one attached hydrogen (secondary N) is 1. The summed E-state index contributed by atoms with van der Waals surface area (Å²) in [5, 5.41) is 12.3. The van der Waals surface area contributed by atoms with Crippen LogP contribution >= 0.6 is 11.6 Å². The maximum Gasteiger partial charge on any atom is 0.181 e. The van der Waals surface area contributed by atoms with Crippen molar-refractivity contribution in [2.75, 3.05) is 18.8 Å².